The fourth-order valence-corrected chi connectivity index (χ4v) is 4.09. The standard InChI is InChI=1S/C21H19FN2O3S2/c22-17-9-5-4-8-15(17)11-18-20(27)24(21(28)29-18)12-19(26)23-16(13-25)10-14-6-2-1-3-7-14/h1-9,11,16,25H,10,12-13H2,(H,23,26)/b18-11-/t16-/m1/s1. The van der Waals surface area contributed by atoms with Crippen LogP contribution in [0.2, 0.25) is 0 Å². The van der Waals surface area contributed by atoms with Crippen molar-refractivity contribution in [2.75, 3.05) is 13.2 Å². The Morgan fingerprint density at radius 2 is 1.90 bits per heavy atom. The summed E-state index contributed by atoms with van der Waals surface area (Å²) in [7, 11) is 0. The Morgan fingerprint density at radius 3 is 2.59 bits per heavy atom. The first-order chi connectivity index (χ1) is 14.0. The van der Waals surface area contributed by atoms with Crippen LogP contribution >= 0.6 is 24.0 Å². The maximum atomic E-state index is 13.8. The van der Waals surface area contributed by atoms with Gasteiger partial charge in [0, 0.05) is 5.56 Å². The molecule has 0 unspecified atom stereocenters. The molecule has 1 saturated heterocycles. The molecule has 2 aromatic carbocycles. The third-order valence-electron chi connectivity index (χ3n) is 4.28. The summed E-state index contributed by atoms with van der Waals surface area (Å²) in [5, 5.41) is 12.3. The minimum atomic E-state index is -0.475. The van der Waals surface area contributed by atoms with Gasteiger partial charge in [-0.05, 0) is 24.1 Å². The summed E-state index contributed by atoms with van der Waals surface area (Å²) < 4.78 is 14.1. The number of halogens is 1. The van der Waals surface area contributed by atoms with Gasteiger partial charge < -0.3 is 10.4 Å². The lowest BCUT2D eigenvalue weighted by atomic mass is 10.1. The summed E-state index contributed by atoms with van der Waals surface area (Å²) in [6.07, 6.45) is 1.90. The molecular formula is C21H19FN2O3S2. The van der Waals surface area contributed by atoms with E-state index in [4.69, 9.17) is 12.2 Å². The SMILES string of the molecule is O=C(CN1C(=O)/C(=C/c2ccccc2F)SC1=S)N[C@@H](CO)Cc1ccccc1. The number of hydrogen-bond acceptors (Lipinski definition) is 5. The van der Waals surface area contributed by atoms with Crippen molar-refractivity contribution < 1.29 is 19.1 Å². The first kappa shape index (κ1) is 21.2. The number of thioether (sulfide) groups is 1. The molecule has 1 atom stereocenters. The van der Waals surface area contributed by atoms with Gasteiger partial charge in [-0.15, -0.1) is 0 Å². The van der Waals surface area contributed by atoms with Gasteiger partial charge >= 0.3 is 0 Å². The third-order valence-corrected chi connectivity index (χ3v) is 5.66. The van der Waals surface area contributed by atoms with Gasteiger partial charge in [0.15, 0.2) is 0 Å². The molecule has 2 aromatic rings. The number of benzene rings is 2. The van der Waals surface area contributed by atoms with E-state index in [2.05, 4.69) is 5.32 Å². The average Bonchev–Trinajstić information content (AvgIpc) is 2.97. The minimum Gasteiger partial charge on any atom is -0.394 e. The molecule has 1 aliphatic rings. The van der Waals surface area contributed by atoms with Crippen LogP contribution < -0.4 is 5.32 Å². The Hall–Kier alpha value is -2.55. The predicted molar refractivity (Wildman–Crippen MR) is 115 cm³/mol. The van der Waals surface area contributed by atoms with Crippen LogP contribution in [-0.4, -0.2) is 45.3 Å². The number of carbonyl (C=O) groups is 2. The van der Waals surface area contributed by atoms with Crippen molar-refractivity contribution in [2.24, 2.45) is 0 Å². The highest BCUT2D eigenvalue weighted by Crippen LogP contribution is 2.32. The summed E-state index contributed by atoms with van der Waals surface area (Å²) in [6.45, 7) is -0.489. The van der Waals surface area contributed by atoms with Crippen LogP contribution in [0.5, 0.6) is 0 Å². The number of aliphatic hydroxyl groups excluding tert-OH is 1. The second kappa shape index (κ2) is 9.78. The van der Waals surface area contributed by atoms with E-state index in [1.54, 1.807) is 18.2 Å². The molecule has 0 aromatic heterocycles. The first-order valence-corrected chi connectivity index (χ1v) is 10.1. The first-order valence-electron chi connectivity index (χ1n) is 8.92. The van der Waals surface area contributed by atoms with Gasteiger partial charge in [-0.3, -0.25) is 14.5 Å². The van der Waals surface area contributed by atoms with E-state index in [1.807, 2.05) is 30.3 Å². The molecule has 1 heterocycles. The lowest BCUT2D eigenvalue weighted by molar-refractivity contribution is -0.129. The Balaban J connectivity index is 1.63. The average molecular weight is 431 g/mol. The van der Waals surface area contributed by atoms with Gasteiger partial charge in [0.2, 0.25) is 5.91 Å². The number of nitrogens with one attached hydrogen (secondary N) is 1. The van der Waals surface area contributed by atoms with E-state index in [-0.39, 0.29) is 27.9 Å². The molecule has 2 amide bonds. The van der Waals surface area contributed by atoms with Crippen molar-refractivity contribution >= 4 is 46.2 Å². The normalized spacial score (nSPS) is 16.3. The van der Waals surface area contributed by atoms with Crippen molar-refractivity contribution in [3.05, 3.63) is 76.4 Å². The number of rotatable bonds is 7. The molecule has 1 fully saturated rings. The summed E-state index contributed by atoms with van der Waals surface area (Å²) in [5.41, 5.74) is 1.26. The molecule has 2 N–H and O–H groups in total. The molecule has 0 bridgehead atoms. The van der Waals surface area contributed by atoms with E-state index in [9.17, 15) is 19.1 Å². The van der Waals surface area contributed by atoms with Crippen molar-refractivity contribution in [2.45, 2.75) is 12.5 Å². The van der Waals surface area contributed by atoms with Crippen LogP contribution in [-0.2, 0) is 16.0 Å². The molecule has 150 valence electrons. The largest absolute Gasteiger partial charge is 0.394 e. The summed E-state index contributed by atoms with van der Waals surface area (Å²) in [4.78, 5) is 26.5. The summed E-state index contributed by atoms with van der Waals surface area (Å²) in [5.74, 6) is -1.31. The monoisotopic (exact) mass is 430 g/mol. The smallest absolute Gasteiger partial charge is 0.266 e. The number of carbonyl (C=O) groups excluding carboxylic acids is 2. The van der Waals surface area contributed by atoms with Crippen molar-refractivity contribution in [3.8, 4) is 0 Å². The number of hydrogen-bond donors (Lipinski definition) is 2. The molecule has 0 spiro atoms. The van der Waals surface area contributed by atoms with Gasteiger partial charge in [-0.1, -0.05) is 72.5 Å². The van der Waals surface area contributed by atoms with Gasteiger partial charge in [-0.25, -0.2) is 4.39 Å². The van der Waals surface area contributed by atoms with Crippen LogP contribution in [0.3, 0.4) is 0 Å². The van der Waals surface area contributed by atoms with E-state index < -0.39 is 23.7 Å². The molecule has 0 saturated carbocycles. The topological polar surface area (TPSA) is 69.6 Å². The molecule has 29 heavy (non-hydrogen) atoms. The second-order valence-corrected chi connectivity index (χ2v) is 8.10. The number of amides is 2. The highest BCUT2D eigenvalue weighted by Gasteiger charge is 2.33. The minimum absolute atomic E-state index is 0.230. The molecule has 1 aliphatic heterocycles. The van der Waals surface area contributed by atoms with Gasteiger partial charge in [0.05, 0.1) is 17.6 Å². The zero-order valence-electron chi connectivity index (χ0n) is 15.4. The second-order valence-electron chi connectivity index (χ2n) is 6.43. The molecule has 0 aliphatic carbocycles. The quantitative estimate of drug-likeness (QED) is 0.522. The van der Waals surface area contributed by atoms with E-state index in [1.165, 1.54) is 17.0 Å². The number of aliphatic hydroxyl groups is 1. The van der Waals surface area contributed by atoms with E-state index >= 15 is 0 Å². The highest BCUT2D eigenvalue weighted by atomic mass is 32.2. The van der Waals surface area contributed by atoms with Crippen molar-refractivity contribution in [1.29, 1.82) is 0 Å². The zero-order valence-corrected chi connectivity index (χ0v) is 17.0. The van der Waals surface area contributed by atoms with Crippen LogP contribution in [0, 0.1) is 5.82 Å². The van der Waals surface area contributed by atoms with Crippen LogP contribution in [0.15, 0.2) is 59.5 Å². The molecule has 0 radical (unpaired) electrons. The lowest BCUT2D eigenvalue weighted by Gasteiger charge is -2.19. The fraction of sp³-hybridized carbons (Fsp3) is 0.190. The van der Waals surface area contributed by atoms with E-state index in [0.717, 1.165) is 17.3 Å². The van der Waals surface area contributed by atoms with Crippen LogP contribution in [0.1, 0.15) is 11.1 Å². The van der Waals surface area contributed by atoms with Crippen LogP contribution in [0.25, 0.3) is 6.08 Å². The zero-order chi connectivity index (χ0) is 20.8. The van der Waals surface area contributed by atoms with Gasteiger partial charge in [0.1, 0.15) is 16.7 Å². The summed E-state index contributed by atoms with van der Waals surface area (Å²) >= 11 is 6.24. The Morgan fingerprint density at radius 1 is 1.21 bits per heavy atom. The Bertz CT molecular complexity index is 950. The lowest BCUT2D eigenvalue weighted by Crippen LogP contribution is -2.45. The molecule has 5 nitrogen and oxygen atoms in total. The van der Waals surface area contributed by atoms with Crippen molar-refractivity contribution in [3.63, 3.8) is 0 Å². The fourth-order valence-electron chi connectivity index (χ4n) is 2.85. The highest BCUT2D eigenvalue weighted by molar-refractivity contribution is 8.26. The van der Waals surface area contributed by atoms with Crippen LogP contribution in [0.4, 0.5) is 4.39 Å². The Kier molecular flexibility index (Phi) is 7.13. The third kappa shape index (κ3) is 5.50. The Labute approximate surface area is 177 Å². The maximum Gasteiger partial charge on any atom is 0.266 e. The predicted octanol–water partition coefficient (Wildman–Crippen LogP) is 2.75. The summed E-state index contributed by atoms with van der Waals surface area (Å²) in [6, 6.07) is 15.1. The van der Waals surface area contributed by atoms with Gasteiger partial charge in [0.25, 0.3) is 5.91 Å². The molecule has 8 heteroatoms. The molecule has 3 rings (SSSR count). The van der Waals surface area contributed by atoms with E-state index in [0.29, 0.717) is 6.42 Å². The number of thiocarbonyl (C=S) groups is 1. The number of nitrogens with zero attached hydrogens (tertiary/aromatic N) is 1. The molecular weight excluding hydrogens is 411 g/mol. The van der Waals surface area contributed by atoms with Gasteiger partial charge in [-0.2, -0.15) is 0 Å². The van der Waals surface area contributed by atoms with Crippen molar-refractivity contribution in [1.82, 2.24) is 10.2 Å². The maximum absolute atomic E-state index is 13.8.